The van der Waals surface area contributed by atoms with Gasteiger partial charge in [0.1, 0.15) is 0 Å². The molecule has 0 aliphatic carbocycles. The smallest absolute Gasteiger partial charge is 0.0715 e. The van der Waals surface area contributed by atoms with Crippen LogP contribution in [0.4, 0.5) is 0 Å². The van der Waals surface area contributed by atoms with Crippen LogP contribution in [0.25, 0.3) is 111 Å². The van der Waals surface area contributed by atoms with E-state index in [4.69, 9.17) is 4.98 Å². The Balaban J connectivity index is 0.000000941. The molecule has 3 aromatic heterocycles. The van der Waals surface area contributed by atoms with Crippen LogP contribution in [0.3, 0.4) is 0 Å². The number of fused-ring (bicyclic) bond motifs is 6. The third-order valence-corrected chi connectivity index (χ3v) is 12.6. The van der Waals surface area contributed by atoms with Gasteiger partial charge in [0, 0.05) is 44.0 Å². The van der Waals surface area contributed by atoms with Crippen LogP contribution in [-0.2, 0) is 0 Å². The molecular weight excluding hydrogens is 811 g/mol. The largest absolute Gasteiger partial charge is 0.309 e. The molecular formula is C64H47N3. The summed E-state index contributed by atoms with van der Waals surface area (Å²) in [5, 5.41) is 4.98. The van der Waals surface area contributed by atoms with Crippen molar-refractivity contribution in [1.29, 1.82) is 0 Å². The Kier molecular flexibility index (Phi) is 11.0. The van der Waals surface area contributed by atoms with Crippen molar-refractivity contribution < 1.29 is 0 Å². The monoisotopic (exact) mass is 857 g/mol. The average molecular weight is 858 g/mol. The minimum absolute atomic E-state index is 0.958. The lowest BCUT2D eigenvalue weighted by Gasteiger charge is -2.13. The minimum Gasteiger partial charge on any atom is -0.309 e. The second-order valence-electron chi connectivity index (χ2n) is 16.8. The van der Waals surface area contributed by atoms with Gasteiger partial charge in [-0.1, -0.05) is 183 Å². The number of rotatable bonds is 8. The molecule has 0 spiro atoms. The Labute approximate surface area is 391 Å². The SMILES string of the molecule is C=C/C=C\C.c1ccc(-c2cc(-c3cccc(-c4cccc(-n5c6ccccc6c6cc(-c7ccc8c(c7)c7ccccc7n8-c7ccccc7)ccc65)c4)c3)cc(-c3ccccc3)n2)cc1. The first-order valence-corrected chi connectivity index (χ1v) is 22.9. The van der Waals surface area contributed by atoms with E-state index in [1.807, 2.05) is 31.2 Å². The van der Waals surface area contributed by atoms with E-state index >= 15 is 0 Å². The van der Waals surface area contributed by atoms with Crippen molar-refractivity contribution in [2.45, 2.75) is 6.92 Å². The zero-order chi connectivity index (χ0) is 45.1. The van der Waals surface area contributed by atoms with Crippen LogP contribution >= 0.6 is 0 Å². The number of aromatic nitrogens is 3. The van der Waals surface area contributed by atoms with Crippen LogP contribution in [-0.4, -0.2) is 14.1 Å². The normalized spacial score (nSPS) is 11.4. The second kappa shape index (κ2) is 18.0. The van der Waals surface area contributed by atoms with Crippen molar-refractivity contribution in [3.63, 3.8) is 0 Å². The van der Waals surface area contributed by atoms with Gasteiger partial charge in [-0.05, 0) is 119 Å². The molecule has 0 aliphatic heterocycles. The Bertz CT molecular complexity index is 3700. The number of benzene rings is 9. The molecule has 12 aromatic rings. The molecule has 0 fully saturated rings. The summed E-state index contributed by atoms with van der Waals surface area (Å²) in [7, 11) is 0. The van der Waals surface area contributed by atoms with Gasteiger partial charge in [-0.25, -0.2) is 4.98 Å². The third kappa shape index (κ3) is 7.83. The van der Waals surface area contributed by atoms with E-state index in [9.17, 15) is 0 Å². The van der Waals surface area contributed by atoms with Gasteiger partial charge < -0.3 is 9.13 Å². The van der Waals surface area contributed by atoms with Crippen LogP contribution in [0.5, 0.6) is 0 Å². The van der Waals surface area contributed by atoms with Crippen molar-refractivity contribution in [3.8, 4) is 67.3 Å². The Morgan fingerprint density at radius 1 is 0.328 bits per heavy atom. The van der Waals surface area contributed by atoms with Gasteiger partial charge in [0.05, 0.1) is 33.5 Å². The first kappa shape index (κ1) is 40.9. The number of nitrogens with zero attached hydrogens (tertiary/aromatic N) is 3. The Hall–Kier alpha value is -8.79. The van der Waals surface area contributed by atoms with Crippen molar-refractivity contribution in [2.24, 2.45) is 0 Å². The van der Waals surface area contributed by atoms with E-state index in [0.29, 0.717) is 0 Å². The third-order valence-electron chi connectivity index (χ3n) is 12.6. The fourth-order valence-corrected chi connectivity index (χ4v) is 9.49. The standard InChI is InChI=1S/C59H39N3.C5H8/c1-4-16-40(17-5-1)54-38-47(39-55(60-54)41-18-6-2-7-19-41)43-21-14-20-42(34-43)44-22-15-25-49(35-44)62-57-29-13-11-27-51(57)53-37-46(31-33-59(53)62)45-30-32-58-52(36-45)50-26-10-12-28-56(50)61(58)48-23-8-3-9-24-48;1-3-5-4-2/h1-39H;3-5H,1H2,2H3/b;5-4-. The van der Waals surface area contributed by atoms with Crippen molar-refractivity contribution >= 4 is 43.6 Å². The highest BCUT2D eigenvalue weighted by Crippen LogP contribution is 2.39. The number of para-hydroxylation sites is 3. The molecule has 0 bridgehead atoms. The number of pyridine rings is 1. The van der Waals surface area contributed by atoms with Crippen LogP contribution < -0.4 is 0 Å². The summed E-state index contributed by atoms with van der Waals surface area (Å²) in [4.78, 5) is 5.12. The lowest BCUT2D eigenvalue weighted by molar-refractivity contribution is 1.18. The maximum Gasteiger partial charge on any atom is 0.0715 e. The van der Waals surface area contributed by atoms with Gasteiger partial charge in [-0.15, -0.1) is 0 Å². The Morgan fingerprint density at radius 2 is 0.731 bits per heavy atom. The van der Waals surface area contributed by atoms with E-state index in [0.717, 1.165) is 50.5 Å². The summed E-state index contributed by atoms with van der Waals surface area (Å²) < 4.78 is 4.79. The zero-order valence-corrected chi connectivity index (χ0v) is 37.3. The average Bonchev–Trinajstić information content (AvgIpc) is 3.92. The number of allylic oxidation sites excluding steroid dienone is 3. The molecule has 0 radical (unpaired) electrons. The van der Waals surface area contributed by atoms with Gasteiger partial charge in [0.2, 0.25) is 0 Å². The molecule has 67 heavy (non-hydrogen) atoms. The number of hydrogen-bond donors (Lipinski definition) is 0. The molecule has 9 aromatic carbocycles. The molecule has 3 heteroatoms. The minimum atomic E-state index is 0.958. The van der Waals surface area contributed by atoms with E-state index in [1.165, 1.54) is 60.4 Å². The first-order valence-electron chi connectivity index (χ1n) is 22.9. The molecule has 0 N–H and O–H groups in total. The molecule has 0 unspecified atom stereocenters. The molecule has 0 atom stereocenters. The van der Waals surface area contributed by atoms with Crippen molar-refractivity contribution in [1.82, 2.24) is 14.1 Å². The molecule has 0 amide bonds. The van der Waals surface area contributed by atoms with Gasteiger partial charge in [0.15, 0.2) is 0 Å². The van der Waals surface area contributed by atoms with Gasteiger partial charge in [-0.2, -0.15) is 0 Å². The molecule has 0 saturated heterocycles. The predicted molar refractivity (Wildman–Crippen MR) is 285 cm³/mol. The van der Waals surface area contributed by atoms with Gasteiger partial charge in [-0.3, -0.25) is 0 Å². The summed E-state index contributed by atoms with van der Waals surface area (Å²) in [5.41, 5.74) is 18.2. The highest BCUT2D eigenvalue weighted by Gasteiger charge is 2.17. The summed E-state index contributed by atoms with van der Waals surface area (Å²) in [6.45, 7) is 5.42. The maximum absolute atomic E-state index is 5.12. The summed E-state index contributed by atoms with van der Waals surface area (Å²) in [5.74, 6) is 0. The van der Waals surface area contributed by atoms with Crippen LogP contribution in [0.2, 0.25) is 0 Å². The van der Waals surface area contributed by atoms with Crippen molar-refractivity contribution in [2.75, 3.05) is 0 Å². The van der Waals surface area contributed by atoms with E-state index < -0.39 is 0 Å². The highest BCUT2D eigenvalue weighted by molar-refractivity contribution is 6.12. The zero-order valence-electron chi connectivity index (χ0n) is 37.3. The second-order valence-corrected chi connectivity index (χ2v) is 16.8. The summed E-state index contributed by atoms with van der Waals surface area (Å²) >= 11 is 0. The molecule has 3 nitrogen and oxygen atoms in total. The fraction of sp³-hybridized carbons (Fsp3) is 0.0156. The molecule has 0 saturated carbocycles. The van der Waals surface area contributed by atoms with Gasteiger partial charge in [0.25, 0.3) is 0 Å². The molecule has 0 aliphatic rings. The first-order chi connectivity index (χ1) is 33.1. The number of hydrogen-bond acceptors (Lipinski definition) is 1. The summed E-state index contributed by atoms with van der Waals surface area (Å²) in [6.07, 6.45) is 5.58. The fourth-order valence-electron chi connectivity index (χ4n) is 9.49. The molecule has 318 valence electrons. The highest BCUT2D eigenvalue weighted by atomic mass is 15.0. The van der Waals surface area contributed by atoms with E-state index in [1.54, 1.807) is 6.08 Å². The Morgan fingerprint density at radius 3 is 1.25 bits per heavy atom. The molecule has 3 heterocycles. The van der Waals surface area contributed by atoms with Crippen molar-refractivity contribution in [3.05, 3.63) is 261 Å². The van der Waals surface area contributed by atoms with Crippen LogP contribution in [0.1, 0.15) is 6.92 Å². The quantitative estimate of drug-likeness (QED) is 0.140. The lowest BCUT2D eigenvalue weighted by atomic mass is 9.96. The predicted octanol–water partition coefficient (Wildman–Crippen LogP) is 17.4. The molecule has 12 rings (SSSR count). The topological polar surface area (TPSA) is 22.8 Å². The maximum atomic E-state index is 5.12. The van der Waals surface area contributed by atoms with Crippen LogP contribution in [0.15, 0.2) is 261 Å². The van der Waals surface area contributed by atoms with E-state index in [2.05, 4.69) is 240 Å². The van der Waals surface area contributed by atoms with Gasteiger partial charge >= 0.3 is 0 Å². The lowest BCUT2D eigenvalue weighted by Crippen LogP contribution is -1.94. The van der Waals surface area contributed by atoms with Crippen LogP contribution in [0, 0.1) is 0 Å². The summed E-state index contributed by atoms with van der Waals surface area (Å²) in [6, 6.07) is 85.2. The van der Waals surface area contributed by atoms with E-state index in [-0.39, 0.29) is 0 Å².